The van der Waals surface area contributed by atoms with Crippen molar-refractivity contribution in [2.24, 2.45) is 10.2 Å². The Hall–Kier alpha value is -2.84. The SMILES string of the molecule is O=[N+]([O-])c1ccc(N=Nc2ccc(NCC(O)O)cc2)cc1. The number of hydrogen-bond acceptors (Lipinski definition) is 7. The minimum absolute atomic E-state index is 0.000415. The maximum atomic E-state index is 10.5. The Morgan fingerprint density at radius 1 is 1.00 bits per heavy atom. The van der Waals surface area contributed by atoms with E-state index in [2.05, 4.69) is 15.5 Å². The Bertz CT molecular complexity index is 654. The van der Waals surface area contributed by atoms with Crippen LogP contribution in [0.4, 0.5) is 22.7 Å². The predicted molar refractivity (Wildman–Crippen MR) is 80.4 cm³/mol. The highest BCUT2D eigenvalue weighted by Crippen LogP contribution is 2.22. The average Bonchev–Trinajstić information content (AvgIpc) is 2.52. The van der Waals surface area contributed by atoms with Gasteiger partial charge in [-0.1, -0.05) is 0 Å². The summed E-state index contributed by atoms with van der Waals surface area (Å²) in [6.07, 6.45) is -1.42. The molecule has 0 unspecified atom stereocenters. The van der Waals surface area contributed by atoms with Gasteiger partial charge in [-0.25, -0.2) is 0 Å². The third-order valence-corrected chi connectivity index (χ3v) is 2.70. The van der Waals surface area contributed by atoms with Crippen molar-refractivity contribution in [3.05, 3.63) is 58.6 Å². The highest BCUT2D eigenvalue weighted by molar-refractivity contribution is 5.51. The quantitative estimate of drug-likeness (QED) is 0.328. The Balaban J connectivity index is 1.99. The summed E-state index contributed by atoms with van der Waals surface area (Å²) in [5.74, 6) is 0. The highest BCUT2D eigenvalue weighted by atomic mass is 16.6. The molecule has 0 heterocycles. The fourth-order valence-electron chi connectivity index (χ4n) is 1.61. The molecule has 0 radical (unpaired) electrons. The number of anilines is 1. The summed E-state index contributed by atoms with van der Waals surface area (Å²) in [5.41, 5.74) is 1.84. The topological polar surface area (TPSA) is 120 Å². The lowest BCUT2D eigenvalue weighted by Crippen LogP contribution is -2.17. The van der Waals surface area contributed by atoms with Crippen molar-refractivity contribution >= 4 is 22.7 Å². The van der Waals surface area contributed by atoms with Gasteiger partial charge in [-0.3, -0.25) is 10.1 Å². The molecule has 0 amide bonds. The third-order valence-electron chi connectivity index (χ3n) is 2.70. The molecule has 2 rings (SSSR count). The summed E-state index contributed by atoms with van der Waals surface area (Å²) in [6, 6.07) is 12.6. The molecule has 0 bridgehead atoms. The zero-order chi connectivity index (χ0) is 15.9. The van der Waals surface area contributed by atoms with E-state index < -0.39 is 11.2 Å². The van der Waals surface area contributed by atoms with Crippen LogP contribution in [-0.4, -0.2) is 28.0 Å². The van der Waals surface area contributed by atoms with Crippen molar-refractivity contribution in [1.82, 2.24) is 0 Å². The number of nitro benzene ring substituents is 1. The van der Waals surface area contributed by atoms with Gasteiger partial charge in [0.15, 0.2) is 6.29 Å². The Morgan fingerprint density at radius 3 is 1.95 bits per heavy atom. The van der Waals surface area contributed by atoms with E-state index >= 15 is 0 Å². The second kappa shape index (κ2) is 7.25. The molecule has 0 atom stereocenters. The molecule has 0 saturated carbocycles. The Kier molecular flexibility index (Phi) is 5.12. The van der Waals surface area contributed by atoms with E-state index in [4.69, 9.17) is 10.2 Å². The number of azo groups is 1. The highest BCUT2D eigenvalue weighted by Gasteiger charge is 2.03. The molecule has 0 aliphatic rings. The summed E-state index contributed by atoms with van der Waals surface area (Å²) in [7, 11) is 0. The normalized spacial score (nSPS) is 11.0. The summed E-state index contributed by atoms with van der Waals surface area (Å²) < 4.78 is 0. The van der Waals surface area contributed by atoms with Crippen LogP contribution < -0.4 is 5.32 Å². The zero-order valence-electron chi connectivity index (χ0n) is 11.5. The minimum Gasteiger partial charge on any atom is -0.380 e. The van der Waals surface area contributed by atoms with Crippen molar-refractivity contribution < 1.29 is 15.1 Å². The first-order valence-electron chi connectivity index (χ1n) is 6.41. The number of nitro groups is 1. The first kappa shape index (κ1) is 15.5. The monoisotopic (exact) mass is 302 g/mol. The van der Waals surface area contributed by atoms with Crippen molar-refractivity contribution in [3.63, 3.8) is 0 Å². The van der Waals surface area contributed by atoms with Gasteiger partial charge in [0.25, 0.3) is 5.69 Å². The average molecular weight is 302 g/mol. The van der Waals surface area contributed by atoms with Crippen LogP contribution >= 0.6 is 0 Å². The van der Waals surface area contributed by atoms with E-state index in [0.717, 1.165) is 5.69 Å². The van der Waals surface area contributed by atoms with Crippen LogP contribution in [-0.2, 0) is 0 Å². The van der Waals surface area contributed by atoms with Crippen molar-refractivity contribution in [2.75, 3.05) is 11.9 Å². The molecule has 2 aromatic rings. The van der Waals surface area contributed by atoms with E-state index in [1.807, 2.05) is 0 Å². The Labute approximate surface area is 125 Å². The molecule has 0 aliphatic carbocycles. The molecular weight excluding hydrogens is 288 g/mol. The van der Waals surface area contributed by atoms with Crippen molar-refractivity contribution in [2.45, 2.75) is 6.29 Å². The summed E-state index contributed by atoms with van der Waals surface area (Å²) in [4.78, 5) is 10.1. The molecule has 0 spiro atoms. The van der Waals surface area contributed by atoms with Crippen LogP contribution in [0.5, 0.6) is 0 Å². The molecule has 8 nitrogen and oxygen atoms in total. The fourth-order valence-corrected chi connectivity index (χ4v) is 1.61. The van der Waals surface area contributed by atoms with Gasteiger partial charge < -0.3 is 15.5 Å². The number of hydrogen-bond donors (Lipinski definition) is 3. The van der Waals surface area contributed by atoms with Crippen LogP contribution in [0.25, 0.3) is 0 Å². The van der Waals surface area contributed by atoms with Crippen LogP contribution in [0.1, 0.15) is 0 Å². The fraction of sp³-hybridized carbons (Fsp3) is 0.143. The van der Waals surface area contributed by atoms with E-state index in [1.54, 1.807) is 24.3 Å². The zero-order valence-corrected chi connectivity index (χ0v) is 11.5. The van der Waals surface area contributed by atoms with Gasteiger partial charge in [-0.2, -0.15) is 10.2 Å². The number of non-ortho nitro benzene ring substituents is 1. The molecule has 0 fully saturated rings. The lowest BCUT2D eigenvalue weighted by atomic mass is 10.3. The maximum absolute atomic E-state index is 10.5. The minimum atomic E-state index is -1.42. The molecule has 0 saturated heterocycles. The van der Waals surface area contributed by atoms with Crippen LogP contribution in [0.3, 0.4) is 0 Å². The number of nitrogens with zero attached hydrogens (tertiary/aromatic N) is 3. The molecule has 0 aromatic heterocycles. The molecule has 0 aliphatic heterocycles. The van der Waals surface area contributed by atoms with Gasteiger partial charge in [-0.15, -0.1) is 0 Å². The predicted octanol–water partition coefficient (Wildman–Crippen LogP) is 2.73. The number of benzene rings is 2. The second-order valence-corrected chi connectivity index (χ2v) is 4.38. The van der Waals surface area contributed by atoms with E-state index in [1.165, 1.54) is 24.3 Å². The van der Waals surface area contributed by atoms with Crippen molar-refractivity contribution in [1.29, 1.82) is 0 Å². The molecule has 2 aromatic carbocycles. The number of aliphatic hydroxyl groups excluding tert-OH is 1. The molecular formula is C14H14N4O4. The van der Waals surface area contributed by atoms with Crippen LogP contribution in [0.2, 0.25) is 0 Å². The van der Waals surface area contributed by atoms with Gasteiger partial charge in [-0.05, 0) is 36.4 Å². The summed E-state index contributed by atoms with van der Waals surface area (Å²) in [6.45, 7) is 0.0314. The molecule has 114 valence electrons. The number of nitrogens with one attached hydrogen (secondary N) is 1. The standard InChI is InChI=1S/C14H14N4O4/c19-14(20)9-15-10-1-3-11(4-2-10)16-17-12-5-7-13(8-6-12)18(21)22/h1-8,14-15,19-20H,9H2. The molecule has 8 heteroatoms. The first-order chi connectivity index (χ1) is 10.5. The van der Waals surface area contributed by atoms with Crippen LogP contribution in [0, 0.1) is 10.1 Å². The molecule has 22 heavy (non-hydrogen) atoms. The van der Waals surface area contributed by atoms with E-state index in [9.17, 15) is 10.1 Å². The second-order valence-electron chi connectivity index (χ2n) is 4.38. The number of aliphatic hydroxyl groups is 2. The van der Waals surface area contributed by atoms with Gasteiger partial charge in [0.2, 0.25) is 0 Å². The van der Waals surface area contributed by atoms with Gasteiger partial charge in [0.05, 0.1) is 22.8 Å². The van der Waals surface area contributed by atoms with E-state index in [0.29, 0.717) is 11.4 Å². The summed E-state index contributed by atoms with van der Waals surface area (Å²) >= 11 is 0. The van der Waals surface area contributed by atoms with Crippen molar-refractivity contribution in [3.8, 4) is 0 Å². The lowest BCUT2D eigenvalue weighted by Gasteiger charge is -2.07. The first-order valence-corrected chi connectivity index (χ1v) is 6.41. The smallest absolute Gasteiger partial charge is 0.269 e. The van der Waals surface area contributed by atoms with Gasteiger partial charge >= 0.3 is 0 Å². The van der Waals surface area contributed by atoms with Gasteiger partial charge in [0.1, 0.15) is 0 Å². The maximum Gasteiger partial charge on any atom is 0.269 e. The third kappa shape index (κ3) is 4.62. The Morgan fingerprint density at radius 2 is 1.50 bits per heavy atom. The van der Waals surface area contributed by atoms with E-state index in [-0.39, 0.29) is 12.2 Å². The van der Waals surface area contributed by atoms with Crippen LogP contribution in [0.15, 0.2) is 58.8 Å². The largest absolute Gasteiger partial charge is 0.380 e. The summed E-state index contributed by atoms with van der Waals surface area (Å²) in [5, 5.41) is 38.9. The molecule has 3 N–H and O–H groups in total. The lowest BCUT2D eigenvalue weighted by molar-refractivity contribution is -0.384. The van der Waals surface area contributed by atoms with Gasteiger partial charge in [0, 0.05) is 17.8 Å². The number of rotatable bonds is 6.